The first-order valence-corrected chi connectivity index (χ1v) is 10.7. The van der Waals surface area contributed by atoms with Gasteiger partial charge in [-0.3, -0.25) is 9.36 Å². The number of aryl methyl sites for hydroxylation is 1. The number of hydrogen-bond acceptors (Lipinski definition) is 6. The monoisotopic (exact) mass is 414 g/mol. The number of hydrogen-bond donors (Lipinski definition) is 1. The zero-order chi connectivity index (χ0) is 20.4. The van der Waals surface area contributed by atoms with Gasteiger partial charge in [-0.2, -0.15) is 0 Å². The maximum Gasteiger partial charge on any atom is 0.262 e. The summed E-state index contributed by atoms with van der Waals surface area (Å²) in [6, 6.07) is 7.60. The first-order chi connectivity index (χ1) is 14.0. The predicted octanol–water partition coefficient (Wildman–Crippen LogP) is 3.17. The Morgan fingerprint density at radius 1 is 1.34 bits per heavy atom. The van der Waals surface area contributed by atoms with Gasteiger partial charge in [-0.25, -0.2) is 4.98 Å². The molecule has 1 N–H and O–H groups in total. The molecule has 0 saturated heterocycles. The number of benzene rings is 1. The Balaban J connectivity index is 1.40. The molecule has 7 heteroatoms. The van der Waals surface area contributed by atoms with Crippen molar-refractivity contribution >= 4 is 21.6 Å². The van der Waals surface area contributed by atoms with Gasteiger partial charge in [0, 0.05) is 4.88 Å². The van der Waals surface area contributed by atoms with Gasteiger partial charge in [-0.1, -0.05) is 19.1 Å². The van der Waals surface area contributed by atoms with Crippen LogP contribution in [0.15, 0.2) is 35.4 Å². The second-order valence-electron chi connectivity index (χ2n) is 7.75. The van der Waals surface area contributed by atoms with Gasteiger partial charge in [0.2, 0.25) is 0 Å². The molecule has 0 aliphatic heterocycles. The van der Waals surface area contributed by atoms with Crippen molar-refractivity contribution < 1.29 is 14.6 Å². The fourth-order valence-electron chi connectivity index (χ4n) is 3.81. The van der Waals surface area contributed by atoms with Crippen LogP contribution in [0.1, 0.15) is 29.3 Å². The molecule has 6 nitrogen and oxygen atoms in total. The number of fused-ring (bicyclic) bond motifs is 3. The lowest BCUT2D eigenvalue weighted by Gasteiger charge is -2.17. The maximum atomic E-state index is 13.0. The Bertz CT molecular complexity index is 1040. The number of aliphatic hydroxyl groups excluding tert-OH is 1. The second-order valence-corrected chi connectivity index (χ2v) is 8.83. The second kappa shape index (κ2) is 8.65. The highest BCUT2D eigenvalue weighted by Gasteiger charge is 2.23. The third-order valence-corrected chi connectivity index (χ3v) is 6.59. The number of aromatic nitrogens is 2. The molecule has 0 fully saturated rings. The van der Waals surface area contributed by atoms with Crippen molar-refractivity contribution in [3.8, 4) is 5.75 Å². The van der Waals surface area contributed by atoms with Gasteiger partial charge in [-0.05, 0) is 48.4 Å². The van der Waals surface area contributed by atoms with Gasteiger partial charge in [0.25, 0.3) is 5.56 Å². The normalized spacial score (nSPS) is 17.3. The van der Waals surface area contributed by atoms with Crippen LogP contribution in [0.4, 0.5) is 0 Å². The first kappa shape index (κ1) is 20.1. The number of rotatable bonds is 7. The van der Waals surface area contributed by atoms with E-state index in [1.54, 1.807) is 24.8 Å². The smallest absolute Gasteiger partial charge is 0.262 e. The third kappa shape index (κ3) is 4.37. The van der Waals surface area contributed by atoms with Crippen LogP contribution in [0.2, 0.25) is 0 Å². The van der Waals surface area contributed by atoms with Crippen molar-refractivity contribution in [2.45, 2.75) is 45.4 Å². The molecule has 0 saturated carbocycles. The van der Waals surface area contributed by atoms with E-state index in [9.17, 15) is 9.90 Å². The van der Waals surface area contributed by atoms with Crippen molar-refractivity contribution in [1.82, 2.24) is 9.55 Å². The van der Waals surface area contributed by atoms with Crippen LogP contribution in [0, 0.1) is 5.92 Å². The standard InChI is InChI=1S/C22H26N2O4S/c1-14-3-8-18-19(9-14)29-21-20(18)22(26)24(13-23-21)10-16(25)12-28-11-15-4-6-17(27-2)7-5-15/h4-7,13-14,16,25H,3,8-12H2,1-2H3/t14-,16+/m0/s1. The third-order valence-electron chi connectivity index (χ3n) is 5.43. The van der Waals surface area contributed by atoms with E-state index < -0.39 is 6.10 Å². The fraction of sp³-hybridized carbons (Fsp3) is 0.455. The van der Waals surface area contributed by atoms with Crippen LogP contribution < -0.4 is 10.3 Å². The zero-order valence-electron chi connectivity index (χ0n) is 16.8. The summed E-state index contributed by atoms with van der Waals surface area (Å²) in [7, 11) is 1.63. The molecule has 1 aliphatic rings. The zero-order valence-corrected chi connectivity index (χ0v) is 17.6. The van der Waals surface area contributed by atoms with Gasteiger partial charge in [0.1, 0.15) is 10.6 Å². The summed E-state index contributed by atoms with van der Waals surface area (Å²) in [6.07, 6.45) is 3.83. The lowest BCUT2D eigenvalue weighted by molar-refractivity contribution is 0.0198. The van der Waals surface area contributed by atoms with Gasteiger partial charge < -0.3 is 14.6 Å². The summed E-state index contributed by atoms with van der Waals surface area (Å²) in [5.74, 6) is 1.45. The number of nitrogens with zero attached hydrogens (tertiary/aromatic N) is 2. The molecule has 4 rings (SSSR count). The van der Waals surface area contributed by atoms with Crippen LogP contribution in [-0.4, -0.2) is 34.5 Å². The highest BCUT2D eigenvalue weighted by atomic mass is 32.1. The Morgan fingerprint density at radius 2 is 2.14 bits per heavy atom. The minimum absolute atomic E-state index is 0.0590. The molecule has 2 aromatic heterocycles. The van der Waals surface area contributed by atoms with Crippen LogP contribution in [-0.2, 0) is 30.7 Å². The predicted molar refractivity (Wildman–Crippen MR) is 114 cm³/mol. The van der Waals surface area contributed by atoms with Gasteiger partial charge in [0.05, 0.1) is 44.7 Å². The van der Waals surface area contributed by atoms with E-state index in [0.29, 0.717) is 12.5 Å². The summed E-state index contributed by atoms with van der Waals surface area (Å²) in [4.78, 5) is 19.6. The van der Waals surface area contributed by atoms with E-state index in [1.807, 2.05) is 24.3 Å². The van der Waals surface area contributed by atoms with Gasteiger partial charge in [-0.15, -0.1) is 11.3 Å². The fourth-order valence-corrected chi connectivity index (χ4v) is 5.15. The summed E-state index contributed by atoms with van der Waals surface area (Å²) in [5.41, 5.74) is 2.11. The molecule has 154 valence electrons. The van der Waals surface area contributed by atoms with E-state index in [0.717, 1.165) is 40.8 Å². The molecule has 2 heterocycles. The summed E-state index contributed by atoms with van der Waals surface area (Å²) < 4.78 is 12.3. The molecule has 0 spiro atoms. The molecule has 3 aromatic rings. The highest BCUT2D eigenvalue weighted by molar-refractivity contribution is 7.18. The number of thiophene rings is 1. The van der Waals surface area contributed by atoms with E-state index >= 15 is 0 Å². The topological polar surface area (TPSA) is 73.6 Å². The summed E-state index contributed by atoms with van der Waals surface area (Å²) in [6.45, 7) is 2.96. The Kier molecular flexibility index (Phi) is 5.99. The molecule has 0 bridgehead atoms. The van der Waals surface area contributed by atoms with E-state index in [4.69, 9.17) is 9.47 Å². The van der Waals surface area contributed by atoms with Crippen molar-refractivity contribution in [1.29, 1.82) is 0 Å². The van der Waals surface area contributed by atoms with Crippen LogP contribution in [0.3, 0.4) is 0 Å². The minimum atomic E-state index is -0.778. The number of aliphatic hydroxyl groups is 1. The Morgan fingerprint density at radius 3 is 2.90 bits per heavy atom. The molecule has 29 heavy (non-hydrogen) atoms. The molecule has 0 unspecified atom stereocenters. The minimum Gasteiger partial charge on any atom is -0.497 e. The molecule has 1 aromatic carbocycles. The van der Waals surface area contributed by atoms with Gasteiger partial charge >= 0.3 is 0 Å². The molecule has 2 atom stereocenters. The largest absolute Gasteiger partial charge is 0.497 e. The number of ether oxygens (including phenoxy) is 2. The number of methoxy groups -OCH3 is 1. The average Bonchev–Trinajstić information content (AvgIpc) is 3.09. The van der Waals surface area contributed by atoms with E-state index in [2.05, 4.69) is 11.9 Å². The summed E-state index contributed by atoms with van der Waals surface area (Å²) in [5, 5.41) is 11.1. The van der Waals surface area contributed by atoms with Crippen LogP contribution >= 0.6 is 11.3 Å². The quantitative estimate of drug-likeness (QED) is 0.643. The lowest BCUT2D eigenvalue weighted by atomic mass is 9.89. The van der Waals surface area contributed by atoms with E-state index in [1.165, 1.54) is 15.0 Å². The van der Waals surface area contributed by atoms with Crippen molar-refractivity contribution in [3.05, 3.63) is 57.0 Å². The lowest BCUT2D eigenvalue weighted by Crippen LogP contribution is -2.29. The Labute approximate surface area is 173 Å². The van der Waals surface area contributed by atoms with Crippen molar-refractivity contribution in [2.24, 2.45) is 5.92 Å². The Hall–Kier alpha value is -2.22. The molecular formula is C22H26N2O4S. The van der Waals surface area contributed by atoms with Crippen molar-refractivity contribution in [2.75, 3.05) is 13.7 Å². The van der Waals surface area contributed by atoms with Gasteiger partial charge in [0.15, 0.2) is 0 Å². The van der Waals surface area contributed by atoms with E-state index in [-0.39, 0.29) is 18.7 Å². The van der Waals surface area contributed by atoms with Crippen LogP contribution in [0.5, 0.6) is 5.75 Å². The maximum absolute atomic E-state index is 13.0. The molecule has 0 amide bonds. The average molecular weight is 415 g/mol. The van der Waals surface area contributed by atoms with Crippen LogP contribution in [0.25, 0.3) is 10.2 Å². The SMILES string of the molecule is COc1ccc(COC[C@H](O)Cn2cnc3sc4c(c3c2=O)CC[C@H](C)C4)cc1. The molecule has 0 radical (unpaired) electrons. The summed E-state index contributed by atoms with van der Waals surface area (Å²) >= 11 is 1.64. The van der Waals surface area contributed by atoms with Crippen molar-refractivity contribution in [3.63, 3.8) is 0 Å². The molecule has 1 aliphatic carbocycles. The molecular weight excluding hydrogens is 388 g/mol. The first-order valence-electron chi connectivity index (χ1n) is 9.93. The highest BCUT2D eigenvalue weighted by Crippen LogP contribution is 2.35.